The van der Waals surface area contributed by atoms with E-state index in [2.05, 4.69) is 4.98 Å². The first-order valence-corrected chi connectivity index (χ1v) is 8.63. The maximum atomic E-state index is 12.9. The topological polar surface area (TPSA) is 84.3 Å². The van der Waals surface area contributed by atoms with Gasteiger partial charge < -0.3 is 19.2 Å². The summed E-state index contributed by atoms with van der Waals surface area (Å²) in [5, 5.41) is 10.8. The molecule has 0 saturated heterocycles. The van der Waals surface area contributed by atoms with Gasteiger partial charge in [0.1, 0.15) is 11.6 Å². The second kappa shape index (κ2) is 8.07. The summed E-state index contributed by atoms with van der Waals surface area (Å²) in [5.41, 5.74) is 1.67. The molecule has 142 valence electrons. The number of hydrogen-bond acceptors (Lipinski definition) is 5. The molecule has 7 heteroatoms. The summed E-state index contributed by atoms with van der Waals surface area (Å²) >= 11 is 5.98. The van der Waals surface area contributed by atoms with E-state index >= 15 is 0 Å². The molecule has 0 radical (unpaired) electrons. The average molecular weight is 397 g/mol. The summed E-state index contributed by atoms with van der Waals surface area (Å²) in [5.74, 6) is 0.893. The second-order valence-corrected chi connectivity index (χ2v) is 6.29. The van der Waals surface area contributed by atoms with Gasteiger partial charge in [0, 0.05) is 27.7 Å². The van der Waals surface area contributed by atoms with Crippen LogP contribution in [0.1, 0.15) is 15.9 Å². The van der Waals surface area contributed by atoms with Crippen LogP contribution in [-0.2, 0) is 0 Å². The van der Waals surface area contributed by atoms with Crippen LogP contribution in [0.25, 0.3) is 17.0 Å². The quantitative estimate of drug-likeness (QED) is 0.373. The van der Waals surface area contributed by atoms with Crippen molar-refractivity contribution in [3.63, 3.8) is 0 Å². The number of benzene rings is 2. The van der Waals surface area contributed by atoms with Crippen molar-refractivity contribution in [2.75, 3.05) is 21.3 Å². The number of H-pyrrole nitrogens is 1. The van der Waals surface area contributed by atoms with Gasteiger partial charge in [0.2, 0.25) is 11.5 Å². The monoisotopic (exact) mass is 396 g/mol. The Morgan fingerprint density at radius 3 is 2.36 bits per heavy atom. The summed E-state index contributed by atoms with van der Waals surface area (Å²) in [6.45, 7) is 0. The van der Waals surface area contributed by atoms with Gasteiger partial charge in [-0.25, -0.2) is 0 Å². The zero-order valence-electron chi connectivity index (χ0n) is 15.5. The number of ether oxygens (including phenoxy) is 3. The number of hydrogen-bond donors (Lipinski definition) is 1. The fourth-order valence-electron chi connectivity index (χ4n) is 2.93. The minimum atomic E-state index is -0.398. The lowest BCUT2D eigenvalue weighted by molar-refractivity contribution is 0.104. The molecule has 0 aliphatic heterocycles. The highest BCUT2D eigenvalue weighted by molar-refractivity contribution is 6.31. The van der Waals surface area contributed by atoms with Gasteiger partial charge in [-0.2, -0.15) is 5.26 Å². The maximum Gasteiger partial charge on any atom is 0.205 e. The number of nitrogens with zero attached hydrogens (tertiary/aromatic N) is 1. The smallest absolute Gasteiger partial charge is 0.205 e. The molecule has 0 fully saturated rings. The van der Waals surface area contributed by atoms with Gasteiger partial charge in [-0.3, -0.25) is 4.79 Å². The Labute approximate surface area is 166 Å². The van der Waals surface area contributed by atoms with Crippen molar-refractivity contribution in [2.45, 2.75) is 0 Å². The summed E-state index contributed by atoms with van der Waals surface area (Å²) in [7, 11) is 4.50. The van der Waals surface area contributed by atoms with Gasteiger partial charge in [0.25, 0.3) is 0 Å². The predicted molar refractivity (Wildman–Crippen MR) is 107 cm³/mol. The molecule has 0 amide bonds. The van der Waals surface area contributed by atoms with E-state index in [1.54, 1.807) is 36.5 Å². The van der Waals surface area contributed by atoms with Crippen LogP contribution in [0.4, 0.5) is 0 Å². The third-order valence-electron chi connectivity index (χ3n) is 4.25. The van der Waals surface area contributed by atoms with Gasteiger partial charge in [-0.05, 0) is 35.9 Å². The molecule has 1 aromatic heterocycles. The molecule has 0 spiro atoms. The van der Waals surface area contributed by atoms with Crippen molar-refractivity contribution in [2.24, 2.45) is 0 Å². The molecule has 0 bridgehead atoms. The van der Waals surface area contributed by atoms with E-state index in [-0.39, 0.29) is 5.57 Å². The van der Waals surface area contributed by atoms with E-state index in [1.165, 1.54) is 27.4 Å². The van der Waals surface area contributed by atoms with Gasteiger partial charge >= 0.3 is 0 Å². The fraction of sp³-hybridized carbons (Fsp3) is 0.143. The van der Waals surface area contributed by atoms with Crippen LogP contribution < -0.4 is 14.2 Å². The lowest BCUT2D eigenvalue weighted by atomic mass is 10.0. The Balaban J connectivity index is 2.06. The van der Waals surface area contributed by atoms with E-state index in [9.17, 15) is 10.1 Å². The number of fused-ring (bicyclic) bond motifs is 1. The summed E-state index contributed by atoms with van der Waals surface area (Å²) in [4.78, 5) is 15.9. The zero-order valence-corrected chi connectivity index (χ0v) is 16.3. The zero-order chi connectivity index (χ0) is 20.3. The largest absolute Gasteiger partial charge is 0.493 e. The van der Waals surface area contributed by atoms with Gasteiger partial charge in [0.05, 0.1) is 21.3 Å². The van der Waals surface area contributed by atoms with E-state index in [1.807, 2.05) is 6.07 Å². The summed E-state index contributed by atoms with van der Waals surface area (Å²) in [6, 6.07) is 10.5. The molecule has 0 atom stereocenters. The van der Waals surface area contributed by atoms with Crippen molar-refractivity contribution in [3.05, 3.63) is 58.3 Å². The molecule has 28 heavy (non-hydrogen) atoms. The third kappa shape index (κ3) is 3.53. The minimum Gasteiger partial charge on any atom is -0.493 e. The Morgan fingerprint density at radius 2 is 1.79 bits per heavy atom. The molecule has 0 aliphatic carbocycles. The molecule has 0 saturated carbocycles. The number of ketones is 1. The van der Waals surface area contributed by atoms with Crippen molar-refractivity contribution in [3.8, 4) is 23.3 Å². The van der Waals surface area contributed by atoms with Crippen molar-refractivity contribution in [1.29, 1.82) is 5.26 Å². The number of Topliss-reactive ketones (excluding diaryl/α,β-unsaturated/α-hetero) is 1. The molecule has 3 aromatic rings. The van der Waals surface area contributed by atoms with E-state index in [4.69, 9.17) is 25.8 Å². The Bertz CT molecular complexity index is 1100. The first-order chi connectivity index (χ1) is 13.5. The molecule has 1 heterocycles. The highest BCUT2D eigenvalue weighted by atomic mass is 35.5. The normalized spacial score (nSPS) is 11.2. The Kier molecular flexibility index (Phi) is 5.57. The van der Waals surface area contributed by atoms with Crippen LogP contribution in [0.15, 0.2) is 42.1 Å². The molecular formula is C21H17ClN2O4. The van der Waals surface area contributed by atoms with Crippen molar-refractivity contribution in [1.82, 2.24) is 4.98 Å². The van der Waals surface area contributed by atoms with Gasteiger partial charge in [0.15, 0.2) is 11.5 Å². The molecular weight excluding hydrogens is 380 g/mol. The molecule has 2 aromatic carbocycles. The average Bonchev–Trinajstić information content (AvgIpc) is 3.13. The standard InChI is InChI=1S/C21H17ClN2O4/c1-26-18-7-12(8-19(27-2)21(18)28-3)6-13(10-23)20(25)16-11-24-17-9-14(22)4-5-15(16)17/h4-9,11,24H,1-3H3/b13-6-. The van der Waals surface area contributed by atoms with Crippen LogP contribution in [0.5, 0.6) is 17.2 Å². The molecule has 1 N–H and O–H groups in total. The highest BCUT2D eigenvalue weighted by Gasteiger charge is 2.18. The predicted octanol–water partition coefficient (Wildman–Crippen LogP) is 4.64. The number of nitriles is 1. The number of nitrogens with one attached hydrogen (secondary N) is 1. The third-order valence-corrected chi connectivity index (χ3v) is 4.49. The number of aromatic amines is 1. The summed E-state index contributed by atoms with van der Waals surface area (Å²) < 4.78 is 15.9. The maximum absolute atomic E-state index is 12.9. The van der Waals surface area contributed by atoms with Crippen LogP contribution >= 0.6 is 11.6 Å². The first kappa shape index (κ1) is 19.3. The highest BCUT2D eigenvalue weighted by Crippen LogP contribution is 2.38. The number of halogens is 1. The number of rotatable bonds is 6. The minimum absolute atomic E-state index is 0.0230. The van der Waals surface area contributed by atoms with E-state index < -0.39 is 5.78 Å². The van der Waals surface area contributed by atoms with E-state index in [0.29, 0.717) is 38.8 Å². The fourth-order valence-corrected chi connectivity index (χ4v) is 3.10. The van der Waals surface area contributed by atoms with Gasteiger partial charge in [-0.1, -0.05) is 17.7 Å². The summed E-state index contributed by atoms with van der Waals surface area (Å²) in [6.07, 6.45) is 3.06. The van der Waals surface area contributed by atoms with Crippen LogP contribution in [0.3, 0.4) is 0 Å². The lowest BCUT2D eigenvalue weighted by Crippen LogP contribution is -2.01. The number of aromatic nitrogens is 1. The van der Waals surface area contributed by atoms with Crippen molar-refractivity contribution >= 4 is 34.4 Å². The molecule has 3 rings (SSSR count). The van der Waals surface area contributed by atoms with Gasteiger partial charge in [-0.15, -0.1) is 0 Å². The first-order valence-electron chi connectivity index (χ1n) is 8.25. The second-order valence-electron chi connectivity index (χ2n) is 5.85. The van der Waals surface area contributed by atoms with E-state index in [0.717, 1.165) is 5.52 Å². The van der Waals surface area contributed by atoms with Crippen LogP contribution in [-0.4, -0.2) is 32.1 Å². The number of carbonyl (C=O) groups excluding carboxylic acids is 1. The van der Waals surface area contributed by atoms with Crippen LogP contribution in [0, 0.1) is 11.3 Å². The Hall–Kier alpha value is -3.43. The molecule has 0 unspecified atom stereocenters. The Morgan fingerprint density at radius 1 is 1.11 bits per heavy atom. The lowest BCUT2D eigenvalue weighted by Gasteiger charge is -2.13. The number of allylic oxidation sites excluding steroid dienone is 1. The number of carbonyl (C=O) groups is 1. The molecule has 6 nitrogen and oxygen atoms in total. The van der Waals surface area contributed by atoms with Crippen LogP contribution in [0.2, 0.25) is 5.02 Å². The van der Waals surface area contributed by atoms with Crippen molar-refractivity contribution < 1.29 is 19.0 Å². The molecule has 0 aliphatic rings. The number of methoxy groups -OCH3 is 3. The SMILES string of the molecule is COc1cc(/C=C(/C#N)C(=O)c2c[nH]c3cc(Cl)ccc23)cc(OC)c1OC.